The van der Waals surface area contributed by atoms with Crippen molar-refractivity contribution in [3.05, 3.63) is 59.4 Å². The summed E-state index contributed by atoms with van der Waals surface area (Å²) in [6.45, 7) is 9.63. The van der Waals surface area contributed by atoms with Crippen LogP contribution in [0.15, 0.2) is 42.6 Å². The summed E-state index contributed by atoms with van der Waals surface area (Å²) in [4.78, 5) is 19.3. The summed E-state index contributed by atoms with van der Waals surface area (Å²) in [7, 11) is 2.17. The highest BCUT2D eigenvalue weighted by molar-refractivity contribution is 5.61. The fourth-order valence-electron chi connectivity index (χ4n) is 4.27. The van der Waals surface area contributed by atoms with E-state index in [1.165, 1.54) is 16.8 Å². The summed E-state index contributed by atoms with van der Waals surface area (Å²) in [6.07, 6.45) is 3.94. The van der Waals surface area contributed by atoms with Crippen molar-refractivity contribution in [3.8, 4) is 0 Å². The van der Waals surface area contributed by atoms with Gasteiger partial charge in [-0.15, -0.1) is 0 Å². The molecule has 1 aromatic heterocycles. The number of likely N-dealkylation sites (N-methyl/N-ethyl adjacent to an activating group) is 1. The molecule has 1 atom stereocenters. The second kappa shape index (κ2) is 12.6. The number of pyridine rings is 1. The monoisotopic (exact) mass is 446 g/mol. The number of anilines is 1. The number of aromatic nitrogens is 1. The first-order valence-corrected chi connectivity index (χ1v) is 11.1. The summed E-state index contributed by atoms with van der Waals surface area (Å²) in [5.74, 6) is 0. The van der Waals surface area contributed by atoms with Gasteiger partial charge in [-0.1, -0.05) is 44.2 Å². The average molecular weight is 447 g/mol. The Bertz CT molecular complexity index is 832. The van der Waals surface area contributed by atoms with Crippen LogP contribution in [0.25, 0.3) is 0 Å². The molecule has 4 rings (SSSR count). The number of nitrogens with one attached hydrogen (secondary N) is 1. The number of alkyl halides is 2. The maximum Gasteiger partial charge on any atom is 0.229 e. The summed E-state index contributed by atoms with van der Waals surface area (Å²) in [6, 6.07) is 13.3. The van der Waals surface area contributed by atoms with Crippen LogP contribution in [-0.2, 0) is 16.6 Å². The lowest BCUT2D eigenvalue weighted by Gasteiger charge is -2.30. The third kappa shape index (κ3) is 7.64. The number of rotatable bonds is 4. The van der Waals surface area contributed by atoms with E-state index in [-0.39, 0.29) is 5.41 Å². The lowest BCUT2D eigenvalue weighted by Crippen LogP contribution is -2.49. The second-order valence-electron chi connectivity index (χ2n) is 8.98. The zero-order chi connectivity index (χ0) is 23.6. The molecule has 32 heavy (non-hydrogen) atoms. The van der Waals surface area contributed by atoms with Crippen molar-refractivity contribution >= 4 is 12.0 Å². The van der Waals surface area contributed by atoms with E-state index in [0.29, 0.717) is 12.6 Å². The highest BCUT2D eigenvalue weighted by Crippen LogP contribution is 2.39. The van der Waals surface area contributed by atoms with Gasteiger partial charge in [-0.05, 0) is 18.6 Å². The van der Waals surface area contributed by atoms with Crippen molar-refractivity contribution in [1.82, 2.24) is 15.2 Å². The summed E-state index contributed by atoms with van der Waals surface area (Å²) in [5.41, 5.74) is 5.38. The van der Waals surface area contributed by atoms with Crippen molar-refractivity contribution in [2.75, 3.05) is 51.6 Å². The van der Waals surface area contributed by atoms with Gasteiger partial charge in [0, 0.05) is 74.2 Å². The minimum Gasteiger partial charge on any atom is -0.373 e. The van der Waals surface area contributed by atoms with E-state index in [0.717, 1.165) is 44.6 Å². The van der Waals surface area contributed by atoms with Gasteiger partial charge in [0.2, 0.25) is 6.93 Å². The molecule has 1 unspecified atom stereocenters. The molecule has 0 spiro atoms. The van der Waals surface area contributed by atoms with E-state index in [1.54, 1.807) is 0 Å². The molecule has 1 aromatic carbocycles. The van der Waals surface area contributed by atoms with E-state index in [4.69, 9.17) is 0 Å². The average Bonchev–Trinajstić information content (AvgIpc) is 2.98. The minimum absolute atomic E-state index is 0.211. The molecule has 5 nitrogen and oxygen atoms in total. The standard InChI is InChI=1S/C17H20N2.C7H14N2O.CH2F2/c1-17(2)12-19(3)16-10-14(18-11-15(16)17)9-13-7-5-4-6-8-13;1-7-6-9(4-5-10)3-2-8-7;2-1-3/h4-8,10-11H,9,12H2,1-3H3;5,7-8H,2-4,6H2,1H3;1H2. The normalized spacial score (nSPS) is 19.2. The Morgan fingerprint density at radius 3 is 2.56 bits per heavy atom. The predicted octanol–water partition coefficient (Wildman–Crippen LogP) is 3.76. The molecule has 1 N–H and O–H groups in total. The third-order valence-corrected chi connectivity index (χ3v) is 5.73. The van der Waals surface area contributed by atoms with E-state index >= 15 is 0 Å². The molecule has 3 heterocycles. The number of hydrogen-bond donors (Lipinski definition) is 1. The van der Waals surface area contributed by atoms with Gasteiger partial charge in [0.05, 0.1) is 6.54 Å². The van der Waals surface area contributed by atoms with Crippen LogP contribution >= 0.6 is 0 Å². The Labute approximate surface area is 190 Å². The summed E-state index contributed by atoms with van der Waals surface area (Å²) < 4.78 is 19.2. The molecule has 0 aliphatic carbocycles. The SMILES string of the molecule is CC1CN(CC=O)CCN1.CN1CC(C)(C)c2cnc(Cc3ccccc3)cc21.FCF. The van der Waals surface area contributed by atoms with Gasteiger partial charge in [-0.2, -0.15) is 0 Å². The maximum absolute atomic E-state index is 10.1. The minimum atomic E-state index is -1.75. The fraction of sp³-hybridized carbons (Fsp3) is 0.520. The number of nitrogens with zero attached hydrogens (tertiary/aromatic N) is 3. The Kier molecular flexibility index (Phi) is 10.2. The van der Waals surface area contributed by atoms with Crippen LogP contribution < -0.4 is 10.2 Å². The van der Waals surface area contributed by atoms with Crippen molar-refractivity contribution in [2.45, 2.75) is 38.6 Å². The number of benzene rings is 1. The van der Waals surface area contributed by atoms with E-state index < -0.39 is 6.93 Å². The zero-order valence-corrected chi connectivity index (χ0v) is 19.7. The van der Waals surface area contributed by atoms with Crippen LogP contribution in [0.3, 0.4) is 0 Å². The first-order valence-electron chi connectivity index (χ1n) is 11.1. The molecular weight excluding hydrogens is 410 g/mol. The lowest BCUT2D eigenvalue weighted by molar-refractivity contribution is -0.109. The number of carbonyl (C=O) groups excluding carboxylic acids is 1. The van der Waals surface area contributed by atoms with Gasteiger partial charge >= 0.3 is 0 Å². The zero-order valence-electron chi connectivity index (χ0n) is 19.7. The molecule has 0 saturated carbocycles. The van der Waals surface area contributed by atoms with Crippen LogP contribution in [0.4, 0.5) is 14.5 Å². The molecule has 1 fully saturated rings. The van der Waals surface area contributed by atoms with Crippen molar-refractivity contribution in [1.29, 1.82) is 0 Å². The molecule has 2 aliphatic heterocycles. The quantitative estimate of drug-likeness (QED) is 0.725. The summed E-state index contributed by atoms with van der Waals surface area (Å²) >= 11 is 0. The molecular formula is C25H36F2N4O. The van der Waals surface area contributed by atoms with Crippen molar-refractivity contribution < 1.29 is 13.6 Å². The molecule has 2 aromatic rings. The van der Waals surface area contributed by atoms with E-state index in [9.17, 15) is 13.6 Å². The van der Waals surface area contributed by atoms with Crippen LogP contribution in [0.1, 0.15) is 37.6 Å². The summed E-state index contributed by atoms with van der Waals surface area (Å²) in [5, 5.41) is 3.31. The van der Waals surface area contributed by atoms with Gasteiger partial charge in [0.25, 0.3) is 0 Å². The van der Waals surface area contributed by atoms with Crippen molar-refractivity contribution in [3.63, 3.8) is 0 Å². The topological polar surface area (TPSA) is 48.5 Å². The van der Waals surface area contributed by atoms with Gasteiger partial charge in [0.1, 0.15) is 6.29 Å². The number of fused-ring (bicyclic) bond motifs is 1. The van der Waals surface area contributed by atoms with Gasteiger partial charge in [-0.25, -0.2) is 8.78 Å². The number of piperazine rings is 1. The van der Waals surface area contributed by atoms with Gasteiger partial charge in [-0.3, -0.25) is 9.88 Å². The predicted molar refractivity (Wildman–Crippen MR) is 127 cm³/mol. The number of halogens is 2. The molecule has 176 valence electrons. The number of carbonyl (C=O) groups is 1. The number of hydrogen-bond acceptors (Lipinski definition) is 5. The second-order valence-corrected chi connectivity index (χ2v) is 8.98. The fourth-order valence-corrected chi connectivity index (χ4v) is 4.27. The molecule has 0 amide bonds. The smallest absolute Gasteiger partial charge is 0.229 e. The number of aldehydes is 1. The Hall–Kier alpha value is -2.38. The molecule has 7 heteroatoms. The molecule has 2 aliphatic rings. The molecule has 0 bridgehead atoms. The Morgan fingerprint density at radius 2 is 1.94 bits per heavy atom. The molecule has 0 radical (unpaired) electrons. The first-order chi connectivity index (χ1) is 15.3. The Morgan fingerprint density at radius 1 is 1.25 bits per heavy atom. The van der Waals surface area contributed by atoms with Crippen molar-refractivity contribution in [2.24, 2.45) is 0 Å². The van der Waals surface area contributed by atoms with Crippen LogP contribution in [-0.4, -0.2) is 68.9 Å². The van der Waals surface area contributed by atoms with Crippen LogP contribution in [0.5, 0.6) is 0 Å². The highest BCUT2D eigenvalue weighted by atomic mass is 19.3. The van der Waals surface area contributed by atoms with Crippen LogP contribution in [0, 0.1) is 0 Å². The largest absolute Gasteiger partial charge is 0.373 e. The molecule has 1 saturated heterocycles. The van der Waals surface area contributed by atoms with Gasteiger partial charge in [0.15, 0.2) is 0 Å². The maximum atomic E-state index is 10.1. The highest BCUT2D eigenvalue weighted by Gasteiger charge is 2.33. The van der Waals surface area contributed by atoms with Crippen LogP contribution in [0.2, 0.25) is 0 Å². The first kappa shape index (κ1) is 25.9. The van der Waals surface area contributed by atoms with E-state index in [1.807, 2.05) is 0 Å². The Balaban J connectivity index is 0.000000235. The lowest BCUT2D eigenvalue weighted by atomic mass is 9.88. The third-order valence-electron chi connectivity index (χ3n) is 5.73. The van der Waals surface area contributed by atoms with E-state index in [2.05, 4.69) is 90.5 Å². The van der Waals surface area contributed by atoms with Gasteiger partial charge < -0.3 is 15.0 Å².